The Morgan fingerprint density at radius 3 is 2.31 bits per heavy atom. The fraction of sp³-hybridized carbons (Fsp3) is 0.286. The summed E-state index contributed by atoms with van der Waals surface area (Å²) in [5.74, 6) is -0.181. The van der Waals surface area contributed by atoms with Crippen LogP contribution in [0.4, 0.5) is 17.1 Å². The maximum Gasteiger partial charge on any atom is 0.255 e. The predicted octanol–water partition coefficient (Wildman–Crippen LogP) is 4.96. The van der Waals surface area contributed by atoms with E-state index in [2.05, 4.69) is 5.32 Å². The normalized spacial score (nSPS) is 13.7. The minimum Gasteiger partial charge on any atom is -0.322 e. The molecule has 1 fully saturated rings. The van der Waals surface area contributed by atoms with Crippen LogP contribution in [0.1, 0.15) is 45.5 Å². The highest BCUT2D eigenvalue weighted by atomic mass is 32.2. The summed E-state index contributed by atoms with van der Waals surface area (Å²) in [4.78, 5) is 26.8. The number of nitrogens with zero attached hydrogens (tertiary/aromatic N) is 2. The zero-order valence-corrected chi connectivity index (χ0v) is 21.9. The standard InChI is InChI=1S/C28H31N3O4S/c1-19-7-8-21(3)26(16-19)31(36(4,34)35)18-22-10-12-23(13-11-22)28(33)29-24-14-9-20(2)25(17-24)30-15-5-6-27(30)32/h7-14,16-17H,5-6,15,18H2,1-4H3,(H,29,33). The highest BCUT2D eigenvalue weighted by Gasteiger charge is 2.24. The van der Waals surface area contributed by atoms with Crippen LogP contribution in [0.15, 0.2) is 60.7 Å². The molecule has 0 bridgehead atoms. The third-order valence-corrected chi connectivity index (χ3v) is 7.53. The van der Waals surface area contributed by atoms with Gasteiger partial charge in [-0.05, 0) is 79.8 Å². The first-order valence-corrected chi connectivity index (χ1v) is 13.7. The summed E-state index contributed by atoms with van der Waals surface area (Å²) < 4.78 is 26.6. The van der Waals surface area contributed by atoms with Gasteiger partial charge in [-0.15, -0.1) is 0 Å². The molecule has 1 aliphatic heterocycles. The molecule has 1 aliphatic rings. The van der Waals surface area contributed by atoms with Crippen LogP contribution >= 0.6 is 0 Å². The van der Waals surface area contributed by atoms with E-state index in [1.165, 1.54) is 10.6 Å². The summed E-state index contributed by atoms with van der Waals surface area (Å²) in [6.45, 7) is 6.61. The SMILES string of the molecule is Cc1ccc(C)c(N(Cc2ccc(C(=O)Nc3ccc(C)c(N4CCCC4=O)c3)cc2)S(C)(=O)=O)c1. The van der Waals surface area contributed by atoms with E-state index in [1.54, 1.807) is 29.2 Å². The molecule has 0 unspecified atom stereocenters. The number of anilines is 3. The molecule has 188 valence electrons. The van der Waals surface area contributed by atoms with Crippen molar-refractivity contribution in [3.63, 3.8) is 0 Å². The third-order valence-electron chi connectivity index (χ3n) is 6.41. The van der Waals surface area contributed by atoms with E-state index >= 15 is 0 Å². The van der Waals surface area contributed by atoms with E-state index < -0.39 is 10.0 Å². The fourth-order valence-electron chi connectivity index (χ4n) is 4.38. The van der Waals surface area contributed by atoms with Gasteiger partial charge in [0.15, 0.2) is 0 Å². The molecule has 2 amide bonds. The van der Waals surface area contributed by atoms with Gasteiger partial charge in [0.1, 0.15) is 0 Å². The lowest BCUT2D eigenvalue weighted by molar-refractivity contribution is -0.117. The van der Waals surface area contributed by atoms with Gasteiger partial charge in [-0.2, -0.15) is 0 Å². The van der Waals surface area contributed by atoms with Gasteiger partial charge < -0.3 is 10.2 Å². The van der Waals surface area contributed by atoms with Gasteiger partial charge in [-0.1, -0.05) is 30.3 Å². The molecule has 3 aromatic rings. The van der Waals surface area contributed by atoms with Crippen LogP contribution < -0.4 is 14.5 Å². The quantitative estimate of drug-likeness (QED) is 0.492. The minimum absolute atomic E-state index is 0.0983. The average molecular weight is 506 g/mol. The molecule has 0 aliphatic carbocycles. The van der Waals surface area contributed by atoms with Gasteiger partial charge in [0.2, 0.25) is 15.9 Å². The zero-order valence-electron chi connectivity index (χ0n) is 21.0. The Morgan fingerprint density at radius 1 is 0.972 bits per heavy atom. The molecular weight excluding hydrogens is 474 g/mol. The van der Waals surface area contributed by atoms with Crippen molar-refractivity contribution in [2.75, 3.05) is 27.3 Å². The van der Waals surface area contributed by atoms with Crippen molar-refractivity contribution in [2.24, 2.45) is 0 Å². The summed E-state index contributed by atoms with van der Waals surface area (Å²) in [7, 11) is -3.52. The van der Waals surface area contributed by atoms with Gasteiger partial charge in [0, 0.05) is 29.9 Å². The topological polar surface area (TPSA) is 86.8 Å². The predicted molar refractivity (Wildman–Crippen MR) is 144 cm³/mol. The Morgan fingerprint density at radius 2 is 1.67 bits per heavy atom. The molecule has 1 N–H and O–H groups in total. The number of amides is 2. The van der Waals surface area contributed by atoms with Crippen LogP contribution in [0.25, 0.3) is 0 Å². The minimum atomic E-state index is -3.52. The van der Waals surface area contributed by atoms with E-state index in [0.717, 1.165) is 34.4 Å². The zero-order chi connectivity index (χ0) is 26.0. The van der Waals surface area contributed by atoms with Gasteiger partial charge >= 0.3 is 0 Å². The number of carbonyl (C=O) groups excluding carboxylic acids is 2. The van der Waals surface area contributed by atoms with Gasteiger partial charge in [0.25, 0.3) is 5.91 Å². The second kappa shape index (κ2) is 10.1. The monoisotopic (exact) mass is 505 g/mol. The number of hydrogen-bond acceptors (Lipinski definition) is 4. The summed E-state index contributed by atoms with van der Waals surface area (Å²) >= 11 is 0. The highest BCUT2D eigenvalue weighted by molar-refractivity contribution is 7.92. The van der Waals surface area contributed by atoms with E-state index in [9.17, 15) is 18.0 Å². The van der Waals surface area contributed by atoms with Crippen molar-refractivity contribution in [3.8, 4) is 0 Å². The van der Waals surface area contributed by atoms with Crippen LogP contribution in [-0.2, 0) is 21.4 Å². The van der Waals surface area contributed by atoms with E-state index in [0.29, 0.717) is 29.9 Å². The molecule has 4 rings (SSSR count). The Labute approximate surface area is 212 Å². The molecule has 0 radical (unpaired) electrons. The van der Waals surface area contributed by atoms with Crippen molar-refractivity contribution in [1.82, 2.24) is 0 Å². The number of hydrogen-bond donors (Lipinski definition) is 1. The first kappa shape index (κ1) is 25.4. The van der Waals surface area contributed by atoms with E-state index in [4.69, 9.17) is 0 Å². The average Bonchev–Trinajstić information content (AvgIpc) is 3.25. The fourth-order valence-corrected chi connectivity index (χ4v) is 5.32. The summed E-state index contributed by atoms with van der Waals surface area (Å²) in [5, 5.41) is 2.90. The van der Waals surface area contributed by atoms with Crippen molar-refractivity contribution in [3.05, 3.63) is 88.5 Å². The Hall–Kier alpha value is -3.65. The molecule has 0 aromatic heterocycles. The lowest BCUT2D eigenvalue weighted by Gasteiger charge is -2.25. The molecule has 1 heterocycles. The largest absolute Gasteiger partial charge is 0.322 e. The number of rotatable bonds is 7. The third kappa shape index (κ3) is 5.60. The molecular formula is C28H31N3O4S. The highest BCUT2D eigenvalue weighted by Crippen LogP contribution is 2.29. The molecule has 8 heteroatoms. The summed E-state index contributed by atoms with van der Waals surface area (Å²) in [6.07, 6.45) is 2.58. The van der Waals surface area contributed by atoms with E-state index in [1.807, 2.05) is 57.2 Å². The van der Waals surface area contributed by atoms with Gasteiger partial charge in [-0.3, -0.25) is 13.9 Å². The lowest BCUT2D eigenvalue weighted by atomic mass is 10.1. The van der Waals surface area contributed by atoms with E-state index in [-0.39, 0.29) is 18.4 Å². The Balaban J connectivity index is 1.51. The van der Waals surface area contributed by atoms with Crippen molar-refractivity contribution < 1.29 is 18.0 Å². The van der Waals surface area contributed by atoms with Crippen molar-refractivity contribution in [2.45, 2.75) is 40.2 Å². The second-order valence-corrected chi connectivity index (χ2v) is 11.3. The maximum absolute atomic E-state index is 12.9. The Bertz CT molecular complexity index is 1420. The molecule has 0 saturated carbocycles. The number of sulfonamides is 1. The lowest BCUT2D eigenvalue weighted by Crippen LogP contribution is -2.30. The number of aryl methyl sites for hydroxylation is 3. The molecule has 7 nitrogen and oxygen atoms in total. The molecule has 0 spiro atoms. The smallest absolute Gasteiger partial charge is 0.255 e. The van der Waals surface area contributed by atoms with Crippen LogP contribution in [0, 0.1) is 20.8 Å². The van der Waals surface area contributed by atoms with Crippen molar-refractivity contribution >= 4 is 38.9 Å². The van der Waals surface area contributed by atoms with Crippen molar-refractivity contribution in [1.29, 1.82) is 0 Å². The van der Waals surface area contributed by atoms with Crippen LogP contribution in [0.5, 0.6) is 0 Å². The second-order valence-electron chi connectivity index (χ2n) is 9.36. The first-order valence-electron chi connectivity index (χ1n) is 11.9. The molecule has 1 saturated heterocycles. The number of carbonyl (C=O) groups is 2. The molecule has 36 heavy (non-hydrogen) atoms. The number of benzene rings is 3. The van der Waals surface area contributed by atoms with Gasteiger partial charge in [-0.25, -0.2) is 8.42 Å². The van der Waals surface area contributed by atoms with Crippen LogP contribution in [0.2, 0.25) is 0 Å². The molecule has 3 aromatic carbocycles. The Kier molecular flexibility index (Phi) is 7.17. The van der Waals surface area contributed by atoms with Crippen LogP contribution in [0.3, 0.4) is 0 Å². The van der Waals surface area contributed by atoms with Gasteiger partial charge in [0.05, 0.1) is 18.5 Å². The molecule has 0 atom stereocenters. The van der Waals surface area contributed by atoms with Crippen LogP contribution in [-0.4, -0.2) is 33.0 Å². The number of nitrogens with one attached hydrogen (secondary N) is 1. The summed E-state index contributed by atoms with van der Waals surface area (Å²) in [6, 6.07) is 18.2. The summed E-state index contributed by atoms with van der Waals surface area (Å²) in [5.41, 5.74) is 6.12. The first-order chi connectivity index (χ1) is 17.0. The maximum atomic E-state index is 12.9.